The second-order valence-electron chi connectivity index (χ2n) is 5.22. The van der Waals surface area contributed by atoms with Gasteiger partial charge >= 0.3 is 0 Å². The Morgan fingerprint density at radius 3 is 3.00 bits per heavy atom. The zero-order valence-corrected chi connectivity index (χ0v) is 13.5. The van der Waals surface area contributed by atoms with E-state index in [1.165, 1.54) is 5.69 Å². The van der Waals surface area contributed by atoms with Gasteiger partial charge in [-0.05, 0) is 49.9 Å². The summed E-state index contributed by atoms with van der Waals surface area (Å²) in [7, 11) is 6.14. The summed E-state index contributed by atoms with van der Waals surface area (Å²) in [4.78, 5) is 2.17. The van der Waals surface area contributed by atoms with Crippen LogP contribution in [0.1, 0.15) is 24.6 Å². The number of hydrogen-bond acceptors (Lipinski definition) is 4. The first-order valence-corrected chi connectivity index (χ1v) is 7.57. The highest BCUT2D eigenvalue weighted by Gasteiger charge is 2.30. The monoisotopic (exact) mass is 330 g/mol. The molecule has 0 radical (unpaired) electrons. The number of halogens is 1. The summed E-state index contributed by atoms with van der Waals surface area (Å²) >= 11 is 3.62. The number of nitrogens with zero attached hydrogens (tertiary/aromatic N) is 3. The van der Waals surface area contributed by atoms with E-state index in [2.05, 4.69) is 50.0 Å². The molecule has 1 aliphatic heterocycles. The molecule has 1 saturated heterocycles. The normalized spacial score (nSPS) is 21.2. The van der Waals surface area contributed by atoms with E-state index < -0.39 is 0 Å². The van der Waals surface area contributed by atoms with Gasteiger partial charge in [-0.15, -0.1) is 0 Å². The standard InChI is InChI=1S/C13H23BrN4O/c1-15-12(11-5-4-8-19-11)13-10(14)9-16-18(13)7-6-17(2)3/h9,11-12,15H,4-8H2,1-3H3. The first-order chi connectivity index (χ1) is 9.13. The van der Waals surface area contributed by atoms with Gasteiger partial charge in [-0.25, -0.2) is 0 Å². The largest absolute Gasteiger partial charge is 0.376 e. The van der Waals surface area contributed by atoms with Gasteiger partial charge in [-0.1, -0.05) is 0 Å². The summed E-state index contributed by atoms with van der Waals surface area (Å²) < 4.78 is 8.96. The van der Waals surface area contributed by atoms with Gasteiger partial charge in [0.05, 0.1) is 35.1 Å². The highest BCUT2D eigenvalue weighted by molar-refractivity contribution is 9.10. The van der Waals surface area contributed by atoms with E-state index in [0.29, 0.717) is 0 Å². The molecule has 1 aromatic heterocycles. The van der Waals surface area contributed by atoms with Gasteiger partial charge in [-0.3, -0.25) is 4.68 Å². The maximum Gasteiger partial charge on any atom is 0.0786 e. The van der Waals surface area contributed by atoms with E-state index in [0.717, 1.165) is 37.0 Å². The van der Waals surface area contributed by atoms with Crippen molar-refractivity contribution in [3.05, 3.63) is 16.4 Å². The van der Waals surface area contributed by atoms with Gasteiger partial charge in [0.1, 0.15) is 0 Å². The number of rotatable bonds is 6. The zero-order chi connectivity index (χ0) is 13.8. The Morgan fingerprint density at radius 1 is 1.63 bits per heavy atom. The molecule has 1 N–H and O–H groups in total. The summed E-state index contributed by atoms with van der Waals surface area (Å²) in [5.41, 5.74) is 1.19. The fraction of sp³-hybridized carbons (Fsp3) is 0.769. The lowest BCUT2D eigenvalue weighted by atomic mass is 10.0. The molecule has 1 aromatic rings. The lowest BCUT2D eigenvalue weighted by Gasteiger charge is -2.24. The van der Waals surface area contributed by atoms with Crippen LogP contribution in [0.15, 0.2) is 10.7 Å². The molecule has 0 bridgehead atoms. The van der Waals surface area contributed by atoms with Crippen molar-refractivity contribution in [1.29, 1.82) is 0 Å². The van der Waals surface area contributed by atoms with Crippen LogP contribution < -0.4 is 5.32 Å². The summed E-state index contributed by atoms with van der Waals surface area (Å²) in [6, 6.07) is 0.196. The van der Waals surface area contributed by atoms with Crippen LogP contribution in [0.2, 0.25) is 0 Å². The Balaban J connectivity index is 2.18. The minimum absolute atomic E-state index is 0.196. The summed E-state index contributed by atoms with van der Waals surface area (Å²) in [5.74, 6) is 0. The molecule has 2 atom stereocenters. The van der Waals surface area contributed by atoms with Gasteiger partial charge in [-0.2, -0.15) is 5.10 Å². The third kappa shape index (κ3) is 3.56. The van der Waals surface area contributed by atoms with Crippen LogP contribution in [0.3, 0.4) is 0 Å². The fourth-order valence-electron chi connectivity index (χ4n) is 2.52. The molecule has 2 unspecified atom stereocenters. The van der Waals surface area contributed by atoms with Gasteiger partial charge in [0.25, 0.3) is 0 Å². The quantitative estimate of drug-likeness (QED) is 0.861. The predicted molar refractivity (Wildman–Crippen MR) is 79.3 cm³/mol. The average Bonchev–Trinajstić information content (AvgIpc) is 3.00. The van der Waals surface area contributed by atoms with Crippen molar-refractivity contribution in [3.63, 3.8) is 0 Å². The highest BCUT2D eigenvalue weighted by atomic mass is 79.9. The number of ether oxygens (including phenoxy) is 1. The van der Waals surface area contributed by atoms with Crippen molar-refractivity contribution >= 4 is 15.9 Å². The van der Waals surface area contributed by atoms with E-state index in [4.69, 9.17) is 4.74 Å². The Bertz CT molecular complexity index is 401. The summed E-state index contributed by atoms with van der Waals surface area (Å²) in [6.45, 7) is 2.73. The maximum absolute atomic E-state index is 5.83. The van der Waals surface area contributed by atoms with Crippen molar-refractivity contribution < 1.29 is 4.74 Å². The molecule has 6 heteroatoms. The topological polar surface area (TPSA) is 42.3 Å². The van der Waals surface area contributed by atoms with Crippen LogP contribution in [0.25, 0.3) is 0 Å². The average molecular weight is 331 g/mol. The first kappa shape index (κ1) is 15.0. The molecule has 2 heterocycles. The van der Waals surface area contributed by atoms with E-state index in [1.807, 2.05) is 13.2 Å². The molecule has 1 aliphatic rings. The molecule has 2 rings (SSSR count). The SMILES string of the molecule is CNC(c1c(Br)cnn1CCN(C)C)C1CCCO1. The van der Waals surface area contributed by atoms with Crippen LogP contribution in [0.4, 0.5) is 0 Å². The highest BCUT2D eigenvalue weighted by Crippen LogP contribution is 2.31. The molecular weight excluding hydrogens is 308 g/mol. The summed E-state index contributed by atoms with van der Waals surface area (Å²) in [6.07, 6.45) is 4.38. The molecule has 108 valence electrons. The van der Waals surface area contributed by atoms with Crippen LogP contribution in [-0.4, -0.2) is 55.1 Å². The second kappa shape index (κ2) is 6.83. The zero-order valence-electron chi connectivity index (χ0n) is 11.9. The number of aromatic nitrogens is 2. The third-order valence-corrected chi connectivity index (χ3v) is 4.15. The number of likely N-dealkylation sites (N-methyl/N-ethyl adjacent to an activating group) is 2. The molecular formula is C13H23BrN4O. The summed E-state index contributed by atoms with van der Waals surface area (Å²) in [5, 5.41) is 7.86. The molecule has 19 heavy (non-hydrogen) atoms. The fourth-order valence-corrected chi connectivity index (χ4v) is 3.06. The lowest BCUT2D eigenvalue weighted by Crippen LogP contribution is -2.32. The third-order valence-electron chi connectivity index (χ3n) is 3.53. The number of nitrogens with one attached hydrogen (secondary N) is 1. The van der Waals surface area contributed by atoms with Crippen LogP contribution in [0.5, 0.6) is 0 Å². The smallest absolute Gasteiger partial charge is 0.0786 e. The van der Waals surface area contributed by atoms with Gasteiger partial charge < -0.3 is 15.0 Å². The lowest BCUT2D eigenvalue weighted by molar-refractivity contribution is 0.0776. The Morgan fingerprint density at radius 2 is 2.42 bits per heavy atom. The second-order valence-corrected chi connectivity index (χ2v) is 6.08. The molecule has 0 aromatic carbocycles. The van der Waals surface area contributed by atoms with E-state index >= 15 is 0 Å². The Labute approximate surface area is 123 Å². The molecule has 0 aliphatic carbocycles. The van der Waals surface area contributed by atoms with Crippen molar-refractivity contribution in [2.45, 2.75) is 31.5 Å². The van der Waals surface area contributed by atoms with Crippen LogP contribution in [0, 0.1) is 0 Å². The number of hydrogen-bond donors (Lipinski definition) is 1. The van der Waals surface area contributed by atoms with Crippen LogP contribution in [-0.2, 0) is 11.3 Å². The van der Waals surface area contributed by atoms with Gasteiger partial charge in [0, 0.05) is 13.2 Å². The van der Waals surface area contributed by atoms with Crippen molar-refractivity contribution in [1.82, 2.24) is 20.0 Å². The molecule has 0 spiro atoms. The van der Waals surface area contributed by atoms with Crippen molar-refractivity contribution in [2.24, 2.45) is 0 Å². The van der Waals surface area contributed by atoms with E-state index in [9.17, 15) is 0 Å². The maximum atomic E-state index is 5.83. The minimum Gasteiger partial charge on any atom is -0.376 e. The minimum atomic E-state index is 0.196. The van der Waals surface area contributed by atoms with Crippen molar-refractivity contribution in [2.75, 3.05) is 34.3 Å². The Kier molecular flexibility index (Phi) is 5.38. The van der Waals surface area contributed by atoms with Gasteiger partial charge in [0.15, 0.2) is 0 Å². The van der Waals surface area contributed by atoms with Gasteiger partial charge in [0.2, 0.25) is 0 Å². The van der Waals surface area contributed by atoms with Crippen LogP contribution >= 0.6 is 15.9 Å². The van der Waals surface area contributed by atoms with E-state index in [-0.39, 0.29) is 12.1 Å². The first-order valence-electron chi connectivity index (χ1n) is 6.78. The Hall–Kier alpha value is -0.430. The molecule has 5 nitrogen and oxygen atoms in total. The van der Waals surface area contributed by atoms with E-state index in [1.54, 1.807) is 0 Å². The predicted octanol–water partition coefficient (Wildman–Crippen LogP) is 1.65. The molecule has 0 saturated carbocycles. The molecule has 1 fully saturated rings. The van der Waals surface area contributed by atoms with Crippen molar-refractivity contribution in [3.8, 4) is 0 Å². The molecule has 0 amide bonds.